The number of carbonyl (C=O) groups is 1. The first-order valence-electron chi connectivity index (χ1n) is 7.09. The lowest BCUT2D eigenvalue weighted by molar-refractivity contribution is -0.133. The maximum Gasteiger partial charge on any atom is 0.249 e. The summed E-state index contributed by atoms with van der Waals surface area (Å²) in [7, 11) is 0. The molecule has 4 nitrogen and oxygen atoms in total. The normalized spacial score (nSPS) is 15.2. The van der Waals surface area contributed by atoms with Crippen LogP contribution >= 0.6 is 0 Å². The van der Waals surface area contributed by atoms with Gasteiger partial charge in [-0.3, -0.25) is 4.79 Å². The third kappa shape index (κ3) is 6.36. The van der Waals surface area contributed by atoms with E-state index in [4.69, 9.17) is 10.5 Å². The van der Waals surface area contributed by atoms with E-state index < -0.39 is 6.10 Å². The molecule has 108 valence electrons. The van der Waals surface area contributed by atoms with Gasteiger partial charge in [-0.05, 0) is 33.1 Å². The van der Waals surface area contributed by atoms with Crippen LogP contribution in [0.15, 0.2) is 0 Å². The highest BCUT2D eigenvalue weighted by Crippen LogP contribution is 2.12. The quantitative estimate of drug-likeness (QED) is 0.666. The summed E-state index contributed by atoms with van der Waals surface area (Å²) in [6, 6.07) is 0.202. The molecule has 0 spiro atoms. The van der Waals surface area contributed by atoms with Crippen molar-refractivity contribution in [3.8, 4) is 0 Å². The van der Waals surface area contributed by atoms with E-state index in [1.165, 1.54) is 0 Å². The SMILES string of the molecule is CCCC(C)NC(=O)C(C)OCC(N)(CC)CC. The summed E-state index contributed by atoms with van der Waals surface area (Å²) in [6.07, 6.45) is 3.32. The van der Waals surface area contributed by atoms with E-state index in [-0.39, 0.29) is 17.5 Å². The van der Waals surface area contributed by atoms with Crippen LogP contribution in [0.5, 0.6) is 0 Å². The first-order chi connectivity index (χ1) is 8.38. The third-order valence-electron chi connectivity index (χ3n) is 3.51. The monoisotopic (exact) mass is 258 g/mol. The molecule has 2 atom stereocenters. The molecule has 0 aliphatic rings. The minimum Gasteiger partial charge on any atom is -0.367 e. The highest BCUT2D eigenvalue weighted by Gasteiger charge is 2.24. The second kappa shape index (κ2) is 8.48. The van der Waals surface area contributed by atoms with Crippen LogP contribution in [0.3, 0.4) is 0 Å². The summed E-state index contributed by atoms with van der Waals surface area (Å²) in [4.78, 5) is 11.8. The van der Waals surface area contributed by atoms with Crippen LogP contribution in [0.2, 0.25) is 0 Å². The number of ether oxygens (including phenoxy) is 1. The predicted molar refractivity (Wildman–Crippen MR) is 75.4 cm³/mol. The number of nitrogens with two attached hydrogens (primary N) is 1. The molecule has 0 aromatic rings. The summed E-state index contributed by atoms with van der Waals surface area (Å²) in [6.45, 7) is 10.4. The van der Waals surface area contributed by atoms with Gasteiger partial charge in [0.15, 0.2) is 0 Å². The summed E-state index contributed by atoms with van der Waals surface area (Å²) >= 11 is 0. The minimum atomic E-state index is -0.440. The lowest BCUT2D eigenvalue weighted by atomic mass is 9.95. The topological polar surface area (TPSA) is 64.3 Å². The lowest BCUT2D eigenvalue weighted by Crippen LogP contribution is -2.47. The zero-order valence-corrected chi connectivity index (χ0v) is 12.6. The van der Waals surface area contributed by atoms with E-state index in [0.717, 1.165) is 25.7 Å². The Morgan fingerprint density at radius 2 is 1.83 bits per heavy atom. The molecule has 0 aliphatic carbocycles. The molecule has 0 bridgehead atoms. The first kappa shape index (κ1) is 17.4. The van der Waals surface area contributed by atoms with Crippen molar-refractivity contribution in [1.29, 1.82) is 0 Å². The Bertz CT molecular complexity index is 240. The molecule has 0 aromatic heterocycles. The van der Waals surface area contributed by atoms with E-state index >= 15 is 0 Å². The molecular formula is C14H30N2O2. The molecule has 0 heterocycles. The average molecular weight is 258 g/mol. The largest absolute Gasteiger partial charge is 0.367 e. The van der Waals surface area contributed by atoms with E-state index in [9.17, 15) is 4.79 Å². The van der Waals surface area contributed by atoms with Gasteiger partial charge in [0.05, 0.1) is 6.61 Å². The second-order valence-corrected chi connectivity index (χ2v) is 5.22. The molecule has 2 unspecified atom stereocenters. The smallest absolute Gasteiger partial charge is 0.249 e. The van der Waals surface area contributed by atoms with Gasteiger partial charge < -0.3 is 15.8 Å². The van der Waals surface area contributed by atoms with Crippen molar-refractivity contribution < 1.29 is 9.53 Å². The van der Waals surface area contributed by atoms with Crippen molar-refractivity contribution in [2.24, 2.45) is 5.73 Å². The van der Waals surface area contributed by atoms with Crippen LogP contribution < -0.4 is 11.1 Å². The number of rotatable bonds is 9. The summed E-state index contributed by atoms with van der Waals surface area (Å²) in [5.41, 5.74) is 5.82. The maximum atomic E-state index is 11.8. The fourth-order valence-corrected chi connectivity index (χ4v) is 1.69. The highest BCUT2D eigenvalue weighted by molar-refractivity contribution is 5.80. The fourth-order valence-electron chi connectivity index (χ4n) is 1.69. The Hall–Kier alpha value is -0.610. The maximum absolute atomic E-state index is 11.8. The van der Waals surface area contributed by atoms with Gasteiger partial charge in [0.2, 0.25) is 5.91 Å². The van der Waals surface area contributed by atoms with Crippen LogP contribution in [0, 0.1) is 0 Å². The summed E-state index contributed by atoms with van der Waals surface area (Å²) in [5, 5.41) is 2.95. The molecule has 1 amide bonds. The van der Waals surface area contributed by atoms with Gasteiger partial charge in [-0.15, -0.1) is 0 Å². The van der Waals surface area contributed by atoms with E-state index in [0.29, 0.717) is 6.61 Å². The molecule has 0 radical (unpaired) electrons. The van der Waals surface area contributed by atoms with Gasteiger partial charge >= 0.3 is 0 Å². The second-order valence-electron chi connectivity index (χ2n) is 5.22. The standard InChI is InChI=1S/C14H30N2O2/c1-6-9-11(4)16-13(17)12(5)18-10-14(15,7-2)8-3/h11-12H,6-10,15H2,1-5H3,(H,16,17). The van der Waals surface area contributed by atoms with Crippen molar-refractivity contribution in [1.82, 2.24) is 5.32 Å². The van der Waals surface area contributed by atoms with Crippen LogP contribution in [-0.2, 0) is 9.53 Å². The van der Waals surface area contributed by atoms with Gasteiger partial charge in [-0.2, -0.15) is 0 Å². The zero-order chi connectivity index (χ0) is 14.2. The zero-order valence-electron chi connectivity index (χ0n) is 12.6. The van der Waals surface area contributed by atoms with Crippen LogP contribution in [0.4, 0.5) is 0 Å². The van der Waals surface area contributed by atoms with Gasteiger partial charge in [0.25, 0.3) is 0 Å². The van der Waals surface area contributed by atoms with Gasteiger partial charge in [-0.1, -0.05) is 27.2 Å². The van der Waals surface area contributed by atoms with Crippen molar-refractivity contribution in [3.63, 3.8) is 0 Å². The summed E-state index contributed by atoms with van der Waals surface area (Å²) in [5.74, 6) is -0.0505. The molecule has 0 saturated carbocycles. The number of amides is 1. The first-order valence-corrected chi connectivity index (χ1v) is 7.09. The third-order valence-corrected chi connectivity index (χ3v) is 3.51. The number of nitrogens with one attached hydrogen (secondary N) is 1. The van der Waals surface area contributed by atoms with Gasteiger partial charge in [0, 0.05) is 11.6 Å². The van der Waals surface area contributed by atoms with E-state index in [1.807, 2.05) is 20.8 Å². The Labute approximate surface area is 112 Å². The highest BCUT2D eigenvalue weighted by atomic mass is 16.5. The fraction of sp³-hybridized carbons (Fsp3) is 0.929. The number of hydrogen-bond acceptors (Lipinski definition) is 3. The Kier molecular flexibility index (Phi) is 8.20. The lowest BCUT2D eigenvalue weighted by Gasteiger charge is -2.28. The van der Waals surface area contributed by atoms with Gasteiger partial charge in [0.1, 0.15) is 6.10 Å². The van der Waals surface area contributed by atoms with Crippen molar-refractivity contribution in [3.05, 3.63) is 0 Å². The van der Waals surface area contributed by atoms with Crippen molar-refractivity contribution >= 4 is 5.91 Å². The molecule has 0 aliphatic heterocycles. The molecule has 3 N–H and O–H groups in total. The molecule has 4 heteroatoms. The molecule has 0 saturated heterocycles. The van der Waals surface area contributed by atoms with E-state index in [2.05, 4.69) is 12.2 Å². The Balaban J connectivity index is 4.08. The molecule has 0 rings (SSSR count). The van der Waals surface area contributed by atoms with Crippen molar-refractivity contribution in [2.75, 3.05) is 6.61 Å². The minimum absolute atomic E-state index is 0.0505. The van der Waals surface area contributed by atoms with Crippen LogP contribution in [-0.4, -0.2) is 30.2 Å². The van der Waals surface area contributed by atoms with Crippen molar-refractivity contribution in [2.45, 2.75) is 78.0 Å². The molecule has 0 aromatic carbocycles. The van der Waals surface area contributed by atoms with Crippen LogP contribution in [0.25, 0.3) is 0 Å². The Morgan fingerprint density at radius 1 is 1.28 bits per heavy atom. The van der Waals surface area contributed by atoms with Gasteiger partial charge in [-0.25, -0.2) is 0 Å². The van der Waals surface area contributed by atoms with Crippen LogP contribution in [0.1, 0.15) is 60.3 Å². The number of carbonyl (C=O) groups excluding carboxylic acids is 1. The van der Waals surface area contributed by atoms with E-state index in [1.54, 1.807) is 6.92 Å². The average Bonchev–Trinajstić information content (AvgIpc) is 2.35. The molecular weight excluding hydrogens is 228 g/mol. The number of hydrogen-bond donors (Lipinski definition) is 2. The predicted octanol–water partition coefficient (Wildman–Crippen LogP) is 2.21. The summed E-state index contributed by atoms with van der Waals surface area (Å²) < 4.78 is 5.59. The Morgan fingerprint density at radius 3 is 2.28 bits per heavy atom. The molecule has 18 heavy (non-hydrogen) atoms. The molecule has 0 fully saturated rings.